The van der Waals surface area contributed by atoms with E-state index in [1.807, 2.05) is 54.6 Å². The number of ether oxygens (including phenoxy) is 1. The lowest BCUT2D eigenvalue weighted by Crippen LogP contribution is -2.00. The summed E-state index contributed by atoms with van der Waals surface area (Å²) in [6, 6.07) is 17.4. The predicted molar refractivity (Wildman–Crippen MR) is 112 cm³/mol. The largest absolute Gasteiger partial charge is 0.496 e. The summed E-state index contributed by atoms with van der Waals surface area (Å²) in [5.41, 5.74) is 4.88. The average molecular weight is 398 g/mol. The second kappa shape index (κ2) is 7.46. The molecule has 0 saturated heterocycles. The van der Waals surface area contributed by atoms with Crippen LogP contribution in [-0.4, -0.2) is 32.4 Å². The molecule has 0 radical (unpaired) electrons. The average Bonchev–Trinajstić information content (AvgIpc) is 3.48. The number of pyridine rings is 1. The molecule has 5 rings (SSSR count). The van der Waals surface area contributed by atoms with Gasteiger partial charge in [-0.05, 0) is 35.4 Å². The molecule has 0 amide bonds. The molecule has 5 aromatic rings. The molecule has 3 aromatic heterocycles. The fourth-order valence-corrected chi connectivity index (χ4v) is 3.51. The zero-order valence-corrected chi connectivity index (χ0v) is 16.1. The van der Waals surface area contributed by atoms with E-state index in [9.17, 15) is 5.11 Å². The highest BCUT2D eigenvalue weighted by molar-refractivity contribution is 5.94. The number of nitrogens with zero attached hydrogens (tertiary/aromatic N) is 3. The van der Waals surface area contributed by atoms with E-state index in [0.29, 0.717) is 11.2 Å². The Morgan fingerprint density at radius 2 is 1.93 bits per heavy atom. The lowest BCUT2D eigenvalue weighted by molar-refractivity contribution is 0.182. The van der Waals surface area contributed by atoms with Gasteiger partial charge in [0.2, 0.25) is 5.89 Å². The minimum atomic E-state index is -0.935. The Labute approximate surface area is 172 Å². The van der Waals surface area contributed by atoms with E-state index in [2.05, 4.69) is 20.2 Å². The second-order valence-electron chi connectivity index (χ2n) is 6.79. The van der Waals surface area contributed by atoms with Gasteiger partial charge in [-0.3, -0.25) is 5.10 Å². The monoisotopic (exact) mass is 398 g/mol. The Balaban J connectivity index is 1.58. The highest BCUT2D eigenvalue weighted by atomic mass is 16.5. The zero-order valence-electron chi connectivity index (χ0n) is 16.1. The number of benzene rings is 2. The Morgan fingerprint density at radius 1 is 1.03 bits per heavy atom. The molecule has 2 aromatic carbocycles. The SMILES string of the molecule is COc1ccccc1-c1[nH]nc2ncc(-c3cccc(C(O)c4ncco4)c3)cc12. The number of oxazole rings is 1. The van der Waals surface area contributed by atoms with Gasteiger partial charge in [0.1, 0.15) is 12.0 Å². The number of aliphatic hydroxyl groups is 1. The summed E-state index contributed by atoms with van der Waals surface area (Å²) in [5.74, 6) is 1.01. The lowest BCUT2D eigenvalue weighted by Gasteiger charge is -2.10. The third-order valence-corrected chi connectivity index (χ3v) is 5.01. The topological polar surface area (TPSA) is 97.1 Å². The fraction of sp³-hybridized carbons (Fsp3) is 0.0870. The molecule has 1 atom stereocenters. The van der Waals surface area contributed by atoms with Gasteiger partial charge >= 0.3 is 0 Å². The van der Waals surface area contributed by atoms with Gasteiger partial charge in [0.25, 0.3) is 0 Å². The van der Waals surface area contributed by atoms with Crippen LogP contribution in [0.3, 0.4) is 0 Å². The van der Waals surface area contributed by atoms with Crippen LogP contribution >= 0.6 is 0 Å². The molecule has 7 nitrogen and oxygen atoms in total. The number of aromatic amines is 1. The Bertz CT molecular complexity index is 1310. The summed E-state index contributed by atoms with van der Waals surface area (Å²) in [6.07, 6.45) is 3.79. The summed E-state index contributed by atoms with van der Waals surface area (Å²) >= 11 is 0. The van der Waals surface area contributed by atoms with Crippen molar-refractivity contribution >= 4 is 11.0 Å². The summed E-state index contributed by atoms with van der Waals surface area (Å²) in [6.45, 7) is 0. The summed E-state index contributed by atoms with van der Waals surface area (Å²) in [5, 5.41) is 18.8. The number of hydrogen-bond donors (Lipinski definition) is 2. The highest BCUT2D eigenvalue weighted by Gasteiger charge is 2.17. The first-order chi connectivity index (χ1) is 14.7. The van der Waals surface area contributed by atoms with Crippen molar-refractivity contribution < 1.29 is 14.3 Å². The van der Waals surface area contributed by atoms with E-state index in [0.717, 1.165) is 33.5 Å². The standard InChI is InChI=1S/C23H18N4O3/c1-29-19-8-3-2-7-17(19)20-18-12-16(13-25-22(18)27-26-20)14-5-4-6-15(11-14)21(28)23-24-9-10-30-23/h2-13,21,28H,1H3,(H,25,26,27). The number of aromatic nitrogens is 4. The number of H-pyrrole nitrogens is 1. The molecule has 1 unspecified atom stereocenters. The van der Waals surface area contributed by atoms with Crippen LogP contribution in [0.5, 0.6) is 5.75 Å². The van der Waals surface area contributed by atoms with Gasteiger partial charge in [0.05, 0.1) is 19.0 Å². The number of para-hydroxylation sites is 1. The van der Waals surface area contributed by atoms with Crippen molar-refractivity contribution in [2.75, 3.05) is 7.11 Å². The van der Waals surface area contributed by atoms with Crippen molar-refractivity contribution in [3.05, 3.63) is 84.7 Å². The number of rotatable bonds is 5. The van der Waals surface area contributed by atoms with Crippen molar-refractivity contribution in [3.8, 4) is 28.1 Å². The summed E-state index contributed by atoms with van der Waals surface area (Å²) in [7, 11) is 1.64. The molecule has 0 aliphatic rings. The van der Waals surface area contributed by atoms with E-state index < -0.39 is 6.10 Å². The third-order valence-electron chi connectivity index (χ3n) is 5.01. The van der Waals surface area contributed by atoms with Gasteiger partial charge in [-0.15, -0.1) is 0 Å². The molecule has 0 saturated carbocycles. The molecule has 0 fully saturated rings. The van der Waals surface area contributed by atoms with Crippen LogP contribution in [-0.2, 0) is 0 Å². The number of nitrogens with one attached hydrogen (secondary N) is 1. The Morgan fingerprint density at radius 3 is 2.77 bits per heavy atom. The first-order valence-electron chi connectivity index (χ1n) is 9.40. The second-order valence-corrected chi connectivity index (χ2v) is 6.79. The van der Waals surface area contributed by atoms with Gasteiger partial charge in [0, 0.05) is 22.7 Å². The lowest BCUT2D eigenvalue weighted by atomic mass is 10.00. The molecule has 148 valence electrons. The molecular weight excluding hydrogens is 380 g/mol. The molecule has 0 aliphatic heterocycles. The van der Waals surface area contributed by atoms with Crippen LogP contribution in [0.15, 0.2) is 77.7 Å². The van der Waals surface area contributed by atoms with E-state index in [-0.39, 0.29) is 5.89 Å². The van der Waals surface area contributed by atoms with E-state index in [1.54, 1.807) is 13.3 Å². The minimum Gasteiger partial charge on any atom is -0.496 e. The fourth-order valence-electron chi connectivity index (χ4n) is 3.51. The Hall–Kier alpha value is -3.97. The quantitative estimate of drug-likeness (QED) is 0.456. The maximum atomic E-state index is 10.5. The van der Waals surface area contributed by atoms with Crippen molar-refractivity contribution in [1.82, 2.24) is 20.2 Å². The van der Waals surface area contributed by atoms with Crippen molar-refractivity contribution in [3.63, 3.8) is 0 Å². The van der Waals surface area contributed by atoms with Crippen molar-refractivity contribution in [2.45, 2.75) is 6.10 Å². The summed E-state index contributed by atoms with van der Waals surface area (Å²) < 4.78 is 10.7. The first-order valence-corrected chi connectivity index (χ1v) is 9.40. The van der Waals surface area contributed by atoms with Gasteiger partial charge in [-0.25, -0.2) is 9.97 Å². The first kappa shape index (κ1) is 18.1. The molecular formula is C23H18N4O3. The molecule has 0 aliphatic carbocycles. The van der Waals surface area contributed by atoms with Crippen LogP contribution in [0, 0.1) is 0 Å². The Kier molecular flexibility index (Phi) is 4.49. The van der Waals surface area contributed by atoms with Gasteiger partial charge in [-0.1, -0.05) is 30.3 Å². The third kappa shape index (κ3) is 3.11. The van der Waals surface area contributed by atoms with Crippen LogP contribution in [0.1, 0.15) is 17.6 Å². The number of hydrogen-bond acceptors (Lipinski definition) is 6. The number of aliphatic hydroxyl groups excluding tert-OH is 1. The summed E-state index contributed by atoms with van der Waals surface area (Å²) in [4.78, 5) is 8.54. The van der Waals surface area contributed by atoms with E-state index in [1.165, 1.54) is 12.5 Å². The molecule has 30 heavy (non-hydrogen) atoms. The predicted octanol–water partition coefficient (Wildman–Crippen LogP) is 4.37. The van der Waals surface area contributed by atoms with Crippen LogP contribution in [0.4, 0.5) is 0 Å². The van der Waals surface area contributed by atoms with E-state index >= 15 is 0 Å². The minimum absolute atomic E-state index is 0.258. The van der Waals surface area contributed by atoms with Gasteiger partial charge in [-0.2, -0.15) is 5.10 Å². The van der Waals surface area contributed by atoms with Gasteiger partial charge < -0.3 is 14.3 Å². The normalized spacial score (nSPS) is 12.2. The maximum absolute atomic E-state index is 10.5. The molecule has 0 bridgehead atoms. The molecule has 0 spiro atoms. The number of methoxy groups -OCH3 is 1. The van der Waals surface area contributed by atoms with Crippen molar-refractivity contribution in [2.24, 2.45) is 0 Å². The smallest absolute Gasteiger partial charge is 0.227 e. The maximum Gasteiger partial charge on any atom is 0.227 e. The van der Waals surface area contributed by atoms with Crippen LogP contribution in [0.25, 0.3) is 33.4 Å². The highest BCUT2D eigenvalue weighted by Crippen LogP contribution is 2.34. The van der Waals surface area contributed by atoms with Crippen LogP contribution < -0.4 is 4.74 Å². The molecule has 2 N–H and O–H groups in total. The van der Waals surface area contributed by atoms with E-state index in [4.69, 9.17) is 9.15 Å². The zero-order chi connectivity index (χ0) is 20.5. The van der Waals surface area contributed by atoms with Crippen LogP contribution in [0.2, 0.25) is 0 Å². The molecule has 3 heterocycles. The number of fused-ring (bicyclic) bond motifs is 1. The van der Waals surface area contributed by atoms with Crippen molar-refractivity contribution in [1.29, 1.82) is 0 Å². The molecule has 7 heteroatoms. The van der Waals surface area contributed by atoms with Gasteiger partial charge in [0.15, 0.2) is 11.8 Å².